The Morgan fingerprint density at radius 3 is 1.51 bits per heavy atom. The summed E-state index contributed by atoms with van der Waals surface area (Å²) in [5.74, 6) is 0.953. The Morgan fingerprint density at radius 2 is 0.974 bits per heavy atom. The lowest BCUT2D eigenvalue weighted by molar-refractivity contribution is -0.0258. The summed E-state index contributed by atoms with van der Waals surface area (Å²) in [6, 6.07) is 35.1. The fraction of sp³-hybridized carbons (Fsp3) is 0.393. The molecule has 0 aliphatic heterocycles. The van der Waals surface area contributed by atoms with Crippen LogP contribution in [0.15, 0.2) is 147 Å². The molecule has 0 saturated carbocycles. The lowest BCUT2D eigenvalue weighted by atomic mass is 10.1. The number of fused-ring (bicyclic) bond motifs is 1. The van der Waals surface area contributed by atoms with E-state index < -0.39 is 10.0 Å². The molecule has 0 aromatic heterocycles. The third-order valence-electron chi connectivity index (χ3n) is 11.0. The molecule has 78 heavy (non-hydrogen) atoms. The highest BCUT2D eigenvalue weighted by Crippen LogP contribution is 2.40. The van der Waals surface area contributed by atoms with Crippen molar-refractivity contribution in [1.82, 2.24) is 0 Å². The van der Waals surface area contributed by atoms with Gasteiger partial charge in [-0.2, -0.15) is 10.2 Å². The molecule has 0 fully saturated rings. The number of para-hydroxylation sites is 1. The van der Waals surface area contributed by atoms with Gasteiger partial charge in [-0.15, -0.1) is 10.2 Å². The first-order chi connectivity index (χ1) is 38.2. The van der Waals surface area contributed by atoms with E-state index >= 15 is 0 Å². The number of aromatic hydroxyl groups is 1. The van der Waals surface area contributed by atoms with Gasteiger partial charge >= 0.3 is 0 Å². The van der Waals surface area contributed by atoms with Crippen LogP contribution in [0, 0.1) is 6.92 Å². The quantitative estimate of drug-likeness (QED) is 0.0206. The van der Waals surface area contributed by atoms with Gasteiger partial charge < -0.3 is 67.6 Å². The van der Waals surface area contributed by atoms with E-state index in [-0.39, 0.29) is 17.3 Å². The van der Waals surface area contributed by atoms with Gasteiger partial charge in [-0.1, -0.05) is 24.3 Å². The highest BCUT2D eigenvalue weighted by atomic mass is 32.2. The Labute approximate surface area is 455 Å². The molecule has 4 N–H and O–H groups in total. The van der Waals surface area contributed by atoms with Crippen LogP contribution < -0.4 is 19.5 Å². The number of nitrogens with zero attached hydrogens (tertiary/aromatic N) is 4. The number of aliphatic hydroxyl groups is 1. The van der Waals surface area contributed by atoms with E-state index in [1.54, 1.807) is 54.6 Å². The minimum absolute atomic E-state index is 0.00490. The molecule has 0 aliphatic carbocycles. The van der Waals surface area contributed by atoms with Crippen LogP contribution in [0.4, 0.5) is 39.8 Å². The minimum atomic E-state index is -3.91. The van der Waals surface area contributed by atoms with Crippen LogP contribution in [-0.4, -0.2) is 158 Å². The fourth-order valence-corrected chi connectivity index (χ4v) is 8.11. The van der Waals surface area contributed by atoms with Gasteiger partial charge in [0, 0.05) is 28.5 Å². The third-order valence-corrected chi connectivity index (χ3v) is 12.4. The number of anilines is 3. The number of azo groups is 2. The van der Waals surface area contributed by atoms with E-state index in [2.05, 4.69) is 30.5 Å². The molecule has 0 bridgehead atoms. The summed E-state index contributed by atoms with van der Waals surface area (Å²) >= 11 is 0. The first kappa shape index (κ1) is 60.6. The van der Waals surface area contributed by atoms with E-state index in [4.69, 9.17) is 57.2 Å². The number of hydrogen-bond donors (Lipinski definition) is 4. The van der Waals surface area contributed by atoms with Gasteiger partial charge in [0.15, 0.2) is 5.75 Å². The Kier molecular flexibility index (Phi) is 27.1. The summed E-state index contributed by atoms with van der Waals surface area (Å²) < 4.78 is 89.3. The number of phenols is 1. The molecular formula is C56H70N6O15S. The molecule has 6 aromatic carbocycles. The van der Waals surface area contributed by atoms with Crippen molar-refractivity contribution >= 4 is 60.6 Å². The highest BCUT2D eigenvalue weighted by molar-refractivity contribution is 7.92. The topological polar surface area (TPSA) is 250 Å². The molecule has 6 aromatic rings. The first-order valence-electron chi connectivity index (χ1n) is 25.5. The zero-order valence-corrected chi connectivity index (χ0v) is 44.9. The van der Waals surface area contributed by atoms with Crippen molar-refractivity contribution in [3.05, 3.63) is 127 Å². The van der Waals surface area contributed by atoms with Crippen LogP contribution in [0.1, 0.15) is 5.56 Å². The SMILES string of the molecule is COc1cc(N=Nc2ccc(S(=O)(=O)Nc3ccc(OCCOCCOCCOCCOCCOCCOCCOCCOCCOCCO)cc3)cc2)c(C)cc1N=Nc1ccc2cc(Nc3ccccc3)ccc2c1O. The van der Waals surface area contributed by atoms with Crippen LogP contribution in [0.3, 0.4) is 0 Å². The largest absolute Gasteiger partial charge is 0.505 e. The van der Waals surface area contributed by atoms with E-state index in [0.29, 0.717) is 171 Å². The van der Waals surface area contributed by atoms with Crippen molar-refractivity contribution in [3.8, 4) is 17.2 Å². The smallest absolute Gasteiger partial charge is 0.261 e. The number of ether oxygens (including phenoxy) is 11. The minimum Gasteiger partial charge on any atom is -0.505 e. The summed E-state index contributed by atoms with van der Waals surface area (Å²) in [6.07, 6.45) is 0. The molecule has 0 atom stereocenters. The Hall–Kier alpha value is -6.67. The van der Waals surface area contributed by atoms with Crippen molar-refractivity contribution in [2.75, 3.05) is 149 Å². The van der Waals surface area contributed by atoms with Crippen molar-refractivity contribution in [3.63, 3.8) is 0 Å². The Balaban J connectivity index is 0.789. The number of sulfonamides is 1. The first-order valence-corrected chi connectivity index (χ1v) is 27.0. The predicted octanol–water partition coefficient (Wildman–Crippen LogP) is 9.76. The maximum absolute atomic E-state index is 13.2. The van der Waals surface area contributed by atoms with Crippen LogP contribution >= 0.6 is 0 Å². The van der Waals surface area contributed by atoms with Gasteiger partial charge in [-0.25, -0.2) is 8.42 Å². The van der Waals surface area contributed by atoms with Gasteiger partial charge in [-0.3, -0.25) is 4.72 Å². The average molecular weight is 1100 g/mol. The van der Waals surface area contributed by atoms with Gasteiger partial charge in [0.05, 0.1) is 149 Å². The van der Waals surface area contributed by atoms with Crippen molar-refractivity contribution in [1.29, 1.82) is 0 Å². The molecule has 0 spiro atoms. The maximum Gasteiger partial charge on any atom is 0.261 e. The van der Waals surface area contributed by atoms with Crippen LogP contribution in [-0.2, 0) is 52.7 Å². The second-order valence-corrected chi connectivity index (χ2v) is 18.5. The number of aliphatic hydroxyl groups excluding tert-OH is 1. The van der Waals surface area contributed by atoms with Gasteiger partial charge in [0.25, 0.3) is 10.0 Å². The fourth-order valence-electron chi connectivity index (χ4n) is 7.05. The zero-order valence-electron chi connectivity index (χ0n) is 44.1. The number of methoxy groups -OCH3 is 1. The normalized spacial score (nSPS) is 11.8. The standard InChI is InChI=1S/C56H70N6O15S/c1-43-40-54(61-59-52-19-8-44-41-48(13-18-51(44)56(52)64)57-45-6-4-3-5-7-45)55(67-2)42-53(43)60-58-46-11-16-50(17-12-46)78(65,66)62-47-9-14-49(15-10-47)77-39-38-76-37-36-75-35-34-74-33-32-73-31-30-72-29-28-71-27-26-70-25-24-69-23-22-68-21-20-63/h3-19,40-42,57,62-64H,20-39H2,1-2H3. The van der Waals surface area contributed by atoms with Gasteiger partial charge in [-0.05, 0) is 109 Å². The van der Waals surface area contributed by atoms with Crippen LogP contribution in [0.5, 0.6) is 17.2 Å². The lowest BCUT2D eigenvalue weighted by Crippen LogP contribution is -2.15. The van der Waals surface area contributed by atoms with Crippen LogP contribution in [0.25, 0.3) is 10.8 Å². The Bertz CT molecular complexity index is 2830. The summed E-state index contributed by atoms with van der Waals surface area (Å²) in [6.45, 7) is 10.1. The zero-order chi connectivity index (χ0) is 54.9. The summed E-state index contributed by atoms with van der Waals surface area (Å²) in [7, 11) is -2.41. The lowest BCUT2D eigenvalue weighted by Gasteiger charge is -2.11. The molecule has 22 heteroatoms. The number of hydrogen-bond acceptors (Lipinski definition) is 20. The van der Waals surface area contributed by atoms with Crippen molar-refractivity contribution < 1.29 is 70.7 Å². The van der Waals surface area contributed by atoms with Gasteiger partial charge in [0.1, 0.15) is 29.5 Å². The average Bonchev–Trinajstić information content (AvgIpc) is 3.49. The summed E-state index contributed by atoms with van der Waals surface area (Å²) in [5.41, 5.74) is 4.61. The molecule has 0 heterocycles. The maximum atomic E-state index is 13.2. The second kappa shape index (κ2) is 35.0. The predicted molar refractivity (Wildman–Crippen MR) is 295 cm³/mol. The molecule has 0 aliphatic rings. The molecule has 21 nitrogen and oxygen atoms in total. The third kappa shape index (κ3) is 22.0. The van der Waals surface area contributed by atoms with Gasteiger partial charge in [0.2, 0.25) is 0 Å². The monoisotopic (exact) mass is 1100 g/mol. The van der Waals surface area contributed by atoms with E-state index in [1.807, 2.05) is 61.5 Å². The van der Waals surface area contributed by atoms with Crippen LogP contribution in [0.2, 0.25) is 0 Å². The van der Waals surface area contributed by atoms with E-state index in [9.17, 15) is 13.5 Å². The molecule has 0 unspecified atom stereocenters. The molecule has 420 valence electrons. The number of phenolic OH excluding ortho intramolecular Hbond substituents is 1. The molecule has 0 saturated heterocycles. The molecule has 0 amide bonds. The molecular weight excluding hydrogens is 1030 g/mol. The van der Waals surface area contributed by atoms with Crippen molar-refractivity contribution in [2.45, 2.75) is 11.8 Å². The Morgan fingerprint density at radius 1 is 0.474 bits per heavy atom. The van der Waals surface area contributed by atoms with Crippen molar-refractivity contribution in [2.24, 2.45) is 20.5 Å². The summed E-state index contributed by atoms with van der Waals surface area (Å²) in [5, 5.41) is 42.0. The highest BCUT2D eigenvalue weighted by Gasteiger charge is 2.15. The van der Waals surface area contributed by atoms with E-state index in [0.717, 1.165) is 22.3 Å². The molecule has 0 radical (unpaired) electrons. The number of rotatable bonds is 40. The number of benzene rings is 6. The molecule has 6 rings (SSSR count). The van der Waals surface area contributed by atoms with E-state index in [1.165, 1.54) is 19.2 Å². The summed E-state index contributed by atoms with van der Waals surface area (Å²) in [4.78, 5) is 0.0455. The second-order valence-electron chi connectivity index (χ2n) is 16.8. The number of nitrogens with one attached hydrogen (secondary N) is 2. The number of aryl methyl sites for hydroxylation is 1.